The van der Waals surface area contributed by atoms with Crippen molar-refractivity contribution in [2.45, 2.75) is 37.8 Å². The number of rotatable bonds is 3. The van der Waals surface area contributed by atoms with Gasteiger partial charge in [0.25, 0.3) is 0 Å². The fourth-order valence-corrected chi connectivity index (χ4v) is 1.80. The van der Waals surface area contributed by atoms with Gasteiger partial charge in [-0.25, -0.2) is 0 Å². The molecular weight excluding hydrogens is 223 g/mol. The van der Waals surface area contributed by atoms with E-state index in [0.29, 0.717) is 0 Å². The van der Waals surface area contributed by atoms with Crippen molar-refractivity contribution in [2.24, 2.45) is 5.41 Å². The van der Waals surface area contributed by atoms with Gasteiger partial charge < -0.3 is 5.11 Å². The number of carbonyl (C=O) groups is 1. The Balaban J connectivity index is 2.95. The topological polar surface area (TPSA) is 37.3 Å². The van der Waals surface area contributed by atoms with E-state index in [1.165, 1.54) is 0 Å². The Bertz CT molecular complexity index is 267. The van der Waals surface area contributed by atoms with Gasteiger partial charge in [0.15, 0.2) is 0 Å². The van der Waals surface area contributed by atoms with E-state index in [-0.39, 0.29) is 6.42 Å². The summed E-state index contributed by atoms with van der Waals surface area (Å²) in [6, 6.07) is 0. The first-order valence-electron chi connectivity index (χ1n) is 4.29. The highest BCUT2D eigenvalue weighted by Crippen LogP contribution is 2.60. The number of alkyl halides is 5. The Labute approximate surface area is 82.1 Å². The molecular formula is C8H9F5O2. The molecule has 0 heterocycles. The van der Waals surface area contributed by atoms with E-state index >= 15 is 0 Å². The minimum atomic E-state index is -5.68. The summed E-state index contributed by atoms with van der Waals surface area (Å²) in [5.41, 5.74) is -2.43. The maximum absolute atomic E-state index is 13.0. The third-order valence-corrected chi connectivity index (χ3v) is 2.82. The first-order chi connectivity index (χ1) is 6.62. The summed E-state index contributed by atoms with van der Waals surface area (Å²) in [7, 11) is 0. The highest BCUT2D eigenvalue weighted by Gasteiger charge is 2.71. The molecule has 1 N–H and O–H groups in total. The van der Waals surface area contributed by atoms with E-state index in [1.807, 2.05) is 0 Å². The number of aliphatic carboxylic acids is 1. The Morgan fingerprint density at radius 2 is 1.67 bits per heavy atom. The molecule has 2 nitrogen and oxygen atoms in total. The van der Waals surface area contributed by atoms with Crippen molar-refractivity contribution < 1.29 is 31.9 Å². The molecule has 0 aromatic rings. The predicted octanol–water partition coefficient (Wildman–Crippen LogP) is 2.83. The van der Waals surface area contributed by atoms with Crippen molar-refractivity contribution >= 4 is 5.97 Å². The molecule has 1 saturated carbocycles. The summed E-state index contributed by atoms with van der Waals surface area (Å²) < 4.78 is 62.2. The van der Waals surface area contributed by atoms with Crippen LogP contribution >= 0.6 is 0 Å². The average Bonchev–Trinajstić information content (AvgIpc) is 1.93. The molecule has 7 heteroatoms. The lowest BCUT2D eigenvalue weighted by molar-refractivity contribution is -0.340. The van der Waals surface area contributed by atoms with Crippen LogP contribution in [-0.2, 0) is 4.79 Å². The molecule has 0 bridgehead atoms. The van der Waals surface area contributed by atoms with Crippen molar-refractivity contribution in [2.75, 3.05) is 0 Å². The monoisotopic (exact) mass is 232 g/mol. The summed E-state index contributed by atoms with van der Waals surface area (Å²) in [4.78, 5) is 10.3. The molecule has 1 fully saturated rings. The molecule has 0 radical (unpaired) electrons. The summed E-state index contributed by atoms with van der Waals surface area (Å²) >= 11 is 0. The van der Waals surface area contributed by atoms with Gasteiger partial charge >= 0.3 is 18.1 Å². The van der Waals surface area contributed by atoms with E-state index in [9.17, 15) is 26.7 Å². The van der Waals surface area contributed by atoms with Crippen molar-refractivity contribution in [1.29, 1.82) is 0 Å². The Morgan fingerprint density at radius 1 is 1.20 bits per heavy atom. The Hall–Kier alpha value is -0.880. The maximum atomic E-state index is 13.0. The standard InChI is InChI=1S/C8H9F5O2/c9-7(10,8(11,12)13)6(2-1-3-6)4-5(14)15/h1-4H2,(H,14,15). The molecule has 1 aliphatic rings. The van der Waals surface area contributed by atoms with Gasteiger partial charge in [-0.05, 0) is 12.8 Å². The molecule has 0 amide bonds. The Morgan fingerprint density at radius 3 is 1.87 bits per heavy atom. The lowest BCUT2D eigenvalue weighted by Crippen LogP contribution is -2.56. The van der Waals surface area contributed by atoms with Crippen LogP contribution in [-0.4, -0.2) is 23.2 Å². The van der Waals surface area contributed by atoms with Gasteiger partial charge in [0.2, 0.25) is 0 Å². The fraction of sp³-hybridized carbons (Fsp3) is 0.875. The minimum Gasteiger partial charge on any atom is -0.481 e. The first kappa shape index (κ1) is 12.2. The first-order valence-corrected chi connectivity index (χ1v) is 4.29. The van der Waals surface area contributed by atoms with E-state index in [4.69, 9.17) is 5.11 Å². The van der Waals surface area contributed by atoms with Crippen LogP contribution < -0.4 is 0 Å². The number of halogens is 5. The quantitative estimate of drug-likeness (QED) is 0.759. The van der Waals surface area contributed by atoms with E-state index < -0.39 is 42.7 Å². The van der Waals surface area contributed by atoms with Crippen LogP contribution in [0.2, 0.25) is 0 Å². The molecule has 0 spiro atoms. The summed E-state index contributed by atoms with van der Waals surface area (Å²) in [6.45, 7) is 0. The predicted molar refractivity (Wildman–Crippen MR) is 39.5 cm³/mol. The maximum Gasteiger partial charge on any atom is 0.453 e. The van der Waals surface area contributed by atoms with Crippen LogP contribution in [0.1, 0.15) is 25.7 Å². The van der Waals surface area contributed by atoms with Crippen LogP contribution in [0, 0.1) is 5.41 Å². The van der Waals surface area contributed by atoms with Crippen LogP contribution in [0.15, 0.2) is 0 Å². The SMILES string of the molecule is O=C(O)CC1(C(F)(F)C(F)(F)F)CCC1. The van der Waals surface area contributed by atoms with Crippen LogP contribution in [0.5, 0.6) is 0 Å². The van der Waals surface area contributed by atoms with Gasteiger partial charge in [-0.3, -0.25) is 4.79 Å². The molecule has 88 valence electrons. The lowest BCUT2D eigenvalue weighted by atomic mass is 9.62. The second-order valence-electron chi connectivity index (χ2n) is 3.78. The molecule has 0 saturated heterocycles. The smallest absolute Gasteiger partial charge is 0.453 e. The fourth-order valence-electron chi connectivity index (χ4n) is 1.80. The molecule has 15 heavy (non-hydrogen) atoms. The lowest BCUT2D eigenvalue weighted by Gasteiger charge is -2.46. The molecule has 1 rings (SSSR count). The number of hydrogen-bond acceptors (Lipinski definition) is 1. The molecule has 0 unspecified atom stereocenters. The Kier molecular flexibility index (Phi) is 2.69. The van der Waals surface area contributed by atoms with Crippen molar-refractivity contribution in [3.8, 4) is 0 Å². The minimum absolute atomic E-state index is 0.207. The van der Waals surface area contributed by atoms with Crippen molar-refractivity contribution in [3.63, 3.8) is 0 Å². The zero-order valence-corrected chi connectivity index (χ0v) is 7.57. The molecule has 0 aromatic carbocycles. The number of carboxylic acids is 1. The van der Waals surface area contributed by atoms with E-state index in [1.54, 1.807) is 0 Å². The van der Waals surface area contributed by atoms with Gasteiger partial charge in [-0.15, -0.1) is 0 Å². The van der Waals surface area contributed by atoms with Gasteiger partial charge in [0, 0.05) is 0 Å². The van der Waals surface area contributed by atoms with Crippen molar-refractivity contribution in [3.05, 3.63) is 0 Å². The molecule has 1 aliphatic carbocycles. The zero-order valence-electron chi connectivity index (χ0n) is 7.57. The summed E-state index contributed by atoms with van der Waals surface area (Å²) in [5, 5.41) is 8.34. The highest BCUT2D eigenvalue weighted by atomic mass is 19.4. The van der Waals surface area contributed by atoms with Gasteiger partial charge in [-0.1, -0.05) is 6.42 Å². The normalized spacial score (nSPS) is 20.9. The molecule has 0 aliphatic heterocycles. The largest absolute Gasteiger partial charge is 0.481 e. The van der Waals surface area contributed by atoms with Crippen LogP contribution in [0.4, 0.5) is 22.0 Å². The third kappa shape index (κ3) is 1.79. The van der Waals surface area contributed by atoms with E-state index in [2.05, 4.69) is 0 Å². The number of hydrogen-bond donors (Lipinski definition) is 1. The van der Waals surface area contributed by atoms with Crippen LogP contribution in [0.25, 0.3) is 0 Å². The van der Waals surface area contributed by atoms with Gasteiger partial charge in [0.05, 0.1) is 11.8 Å². The van der Waals surface area contributed by atoms with Crippen LogP contribution in [0.3, 0.4) is 0 Å². The average molecular weight is 232 g/mol. The summed E-state index contributed by atoms with van der Waals surface area (Å²) in [6.07, 6.45) is -7.40. The second kappa shape index (κ2) is 3.31. The van der Waals surface area contributed by atoms with E-state index in [0.717, 1.165) is 0 Å². The molecule has 0 aromatic heterocycles. The summed E-state index contributed by atoms with van der Waals surface area (Å²) in [5.74, 6) is -6.55. The highest BCUT2D eigenvalue weighted by molar-refractivity contribution is 5.68. The van der Waals surface area contributed by atoms with Gasteiger partial charge in [-0.2, -0.15) is 22.0 Å². The molecule has 0 atom stereocenters. The number of carboxylic acid groups (broad SMARTS) is 1. The van der Waals surface area contributed by atoms with Gasteiger partial charge in [0.1, 0.15) is 0 Å². The zero-order chi connectivity index (χ0) is 11.9. The second-order valence-corrected chi connectivity index (χ2v) is 3.78. The third-order valence-electron chi connectivity index (χ3n) is 2.82. The van der Waals surface area contributed by atoms with Crippen molar-refractivity contribution in [1.82, 2.24) is 0 Å².